The third kappa shape index (κ3) is 3.37. The number of thioether (sulfide) groups is 1. The van der Waals surface area contributed by atoms with Crippen LogP contribution in [0.2, 0.25) is 10.0 Å². The highest BCUT2D eigenvalue weighted by molar-refractivity contribution is 7.98. The minimum atomic E-state index is 0.464. The molecule has 9 heteroatoms. The van der Waals surface area contributed by atoms with E-state index in [1.807, 2.05) is 0 Å². The number of hydrogen-bond donors (Lipinski definition) is 0. The molecule has 3 aromatic rings. The van der Waals surface area contributed by atoms with Gasteiger partial charge in [0.1, 0.15) is 0 Å². The molecule has 0 radical (unpaired) electrons. The lowest BCUT2D eigenvalue weighted by molar-refractivity contribution is 0.384. The van der Waals surface area contributed by atoms with Gasteiger partial charge in [-0.25, -0.2) is 0 Å². The lowest BCUT2D eigenvalue weighted by Gasteiger charge is -1.99. The lowest BCUT2D eigenvalue weighted by Crippen LogP contribution is -1.90. The Balaban J connectivity index is 1.72. The van der Waals surface area contributed by atoms with Gasteiger partial charge < -0.3 is 4.52 Å². The Kier molecular flexibility index (Phi) is 4.85. The summed E-state index contributed by atoms with van der Waals surface area (Å²) in [5.41, 5.74) is 0.572. The summed E-state index contributed by atoms with van der Waals surface area (Å²) in [4.78, 5) is 4.35. The highest BCUT2D eigenvalue weighted by Gasteiger charge is 2.13. The van der Waals surface area contributed by atoms with E-state index in [4.69, 9.17) is 27.7 Å². The molecule has 0 amide bonds. The first-order valence-corrected chi connectivity index (χ1v) is 8.55. The molecule has 3 aromatic heterocycles. The van der Waals surface area contributed by atoms with Crippen LogP contribution in [0.5, 0.6) is 0 Å². The number of unbranched alkanes of at least 4 members (excludes halogenated alkanes) is 1. The van der Waals surface area contributed by atoms with Crippen LogP contribution < -0.4 is 0 Å². The molecule has 3 rings (SSSR count). The van der Waals surface area contributed by atoms with Gasteiger partial charge in [-0.15, -0.1) is 10.2 Å². The molecule has 0 saturated carbocycles. The summed E-state index contributed by atoms with van der Waals surface area (Å²) in [5.74, 6) is 1.83. The van der Waals surface area contributed by atoms with Crippen LogP contribution in [-0.2, 0) is 12.2 Å². The summed E-state index contributed by atoms with van der Waals surface area (Å²) in [7, 11) is 0. The minimum absolute atomic E-state index is 0.464. The summed E-state index contributed by atoms with van der Waals surface area (Å²) in [5, 5.41) is 13.8. The van der Waals surface area contributed by atoms with Crippen LogP contribution in [-0.4, -0.2) is 24.7 Å². The van der Waals surface area contributed by atoms with E-state index >= 15 is 0 Å². The monoisotopic (exact) mass is 357 g/mol. The van der Waals surface area contributed by atoms with E-state index in [-0.39, 0.29) is 0 Å². The lowest BCUT2D eigenvalue weighted by atomic mass is 10.2. The number of aryl methyl sites for hydroxylation is 1. The van der Waals surface area contributed by atoms with Crippen LogP contribution in [0, 0.1) is 0 Å². The normalized spacial score (nSPS) is 11.4. The van der Waals surface area contributed by atoms with E-state index in [0.717, 1.165) is 25.1 Å². The molecule has 0 fully saturated rings. The Morgan fingerprint density at radius 1 is 1.32 bits per heavy atom. The van der Waals surface area contributed by atoms with Crippen molar-refractivity contribution >= 4 is 40.6 Å². The highest BCUT2D eigenvalue weighted by atomic mass is 35.5. The van der Waals surface area contributed by atoms with E-state index in [2.05, 4.69) is 27.3 Å². The fraction of sp³-hybridized carbons (Fsp3) is 0.385. The Labute approximate surface area is 141 Å². The van der Waals surface area contributed by atoms with Crippen LogP contribution in [0.3, 0.4) is 0 Å². The highest BCUT2D eigenvalue weighted by Crippen LogP contribution is 2.26. The van der Waals surface area contributed by atoms with E-state index in [1.165, 1.54) is 11.8 Å². The Morgan fingerprint density at radius 3 is 3.00 bits per heavy atom. The summed E-state index contributed by atoms with van der Waals surface area (Å²) < 4.78 is 6.98. The van der Waals surface area contributed by atoms with Gasteiger partial charge in [0.05, 0.1) is 15.8 Å². The molecule has 0 aliphatic carbocycles. The Bertz CT molecular complexity index is 788. The second-order valence-electron chi connectivity index (χ2n) is 4.68. The predicted octanol–water partition coefficient (Wildman–Crippen LogP) is 4.05. The first-order valence-electron chi connectivity index (χ1n) is 6.81. The quantitative estimate of drug-likeness (QED) is 0.619. The molecule has 0 N–H and O–H groups in total. The zero-order valence-electron chi connectivity index (χ0n) is 11.8. The summed E-state index contributed by atoms with van der Waals surface area (Å²) >= 11 is 13.5. The van der Waals surface area contributed by atoms with E-state index < -0.39 is 0 Å². The average Bonchev–Trinajstić information content (AvgIpc) is 3.09. The summed E-state index contributed by atoms with van der Waals surface area (Å²) in [6, 6.07) is 1.64. The van der Waals surface area contributed by atoms with Crippen molar-refractivity contribution in [2.24, 2.45) is 0 Å². The second kappa shape index (κ2) is 6.85. The molecule has 0 unspecified atom stereocenters. The van der Waals surface area contributed by atoms with Gasteiger partial charge in [-0.1, -0.05) is 53.5 Å². The van der Waals surface area contributed by atoms with E-state index in [1.54, 1.807) is 16.7 Å². The molecule has 22 heavy (non-hydrogen) atoms. The third-order valence-corrected chi connectivity index (χ3v) is 4.40. The number of fused-ring (bicyclic) bond motifs is 1. The molecule has 0 aliphatic heterocycles. The van der Waals surface area contributed by atoms with Crippen LogP contribution in [0.25, 0.3) is 5.65 Å². The molecular weight excluding hydrogens is 345 g/mol. The maximum atomic E-state index is 6.09. The molecule has 0 bridgehead atoms. The number of nitrogens with zero attached hydrogens (tertiary/aromatic N) is 5. The topological polar surface area (TPSA) is 69.1 Å². The first-order chi connectivity index (χ1) is 10.7. The van der Waals surface area contributed by atoms with Crippen LogP contribution in [0.15, 0.2) is 21.9 Å². The van der Waals surface area contributed by atoms with E-state index in [9.17, 15) is 0 Å². The van der Waals surface area contributed by atoms with Crippen molar-refractivity contribution < 1.29 is 4.52 Å². The van der Waals surface area contributed by atoms with Gasteiger partial charge in [0.15, 0.2) is 16.6 Å². The smallest absolute Gasteiger partial charge is 0.237 e. The first kappa shape index (κ1) is 15.6. The number of pyridine rings is 1. The van der Waals surface area contributed by atoms with Crippen molar-refractivity contribution in [3.05, 3.63) is 34.0 Å². The molecule has 0 spiro atoms. The van der Waals surface area contributed by atoms with Crippen molar-refractivity contribution in [3.8, 4) is 0 Å². The van der Waals surface area contributed by atoms with Crippen molar-refractivity contribution in [1.29, 1.82) is 0 Å². The molecule has 0 atom stereocenters. The molecule has 0 aromatic carbocycles. The Morgan fingerprint density at radius 2 is 2.18 bits per heavy atom. The minimum Gasteiger partial charge on any atom is -0.338 e. The number of aromatic nitrogens is 5. The number of hydrogen-bond acceptors (Lipinski definition) is 6. The van der Waals surface area contributed by atoms with E-state index in [0.29, 0.717) is 32.5 Å². The maximum absolute atomic E-state index is 6.09. The summed E-state index contributed by atoms with van der Waals surface area (Å²) in [6.45, 7) is 2.13. The predicted molar refractivity (Wildman–Crippen MR) is 85.5 cm³/mol. The largest absolute Gasteiger partial charge is 0.338 e. The van der Waals surface area contributed by atoms with Gasteiger partial charge in [-0.3, -0.25) is 4.40 Å². The molecular formula is C13H13Cl2N5OS. The van der Waals surface area contributed by atoms with Crippen molar-refractivity contribution in [1.82, 2.24) is 24.7 Å². The number of halogens is 2. The van der Waals surface area contributed by atoms with Crippen molar-refractivity contribution in [3.63, 3.8) is 0 Å². The van der Waals surface area contributed by atoms with Gasteiger partial charge in [-0.05, 0) is 12.5 Å². The van der Waals surface area contributed by atoms with Gasteiger partial charge in [0.2, 0.25) is 5.89 Å². The van der Waals surface area contributed by atoms with Crippen LogP contribution in [0.4, 0.5) is 0 Å². The summed E-state index contributed by atoms with van der Waals surface area (Å²) in [6.07, 6.45) is 4.72. The van der Waals surface area contributed by atoms with Crippen molar-refractivity contribution in [2.75, 3.05) is 0 Å². The standard InChI is InChI=1S/C13H13Cl2N5OS/c1-2-3-4-10-16-11(21-19-10)7-22-13-18-17-12-9(15)5-8(14)6-20(12)13/h5-6H,2-4,7H2,1H3. The molecule has 6 nitrogen and oxygen atoms in total. The molecule has 0 aliphatic rings. The Hall–Kier alpha value is -1.31. The fourth-order valence-electron chi connectivity index (χ4n) is 1.91. The second-order valence-corrected chi connectivity index (χ2v) is 6.47. The molecule has 3 heterocycles. The fourth-order valence-corrected chi connectivity index (χ4v) is 3.17. The zero-order chi connectivity index (χ0) is 15.5. The van der Waals surface area contributed by atoms with Gasteiger partial charge in [-0.2, -0.15) is 4.98 Å². The van der Waals surface area contributed by atoms with Gasteiger partial charge in [0, 0.05) is 12.6 Å². The molecule has 116 valence electrons. The zero-order valence-corrected chi connectivity index (χ0v) is 14.1. The van der Waals surface area contributed by atoms with Crippen LogP contribution in [0.1, 0.15) is 31.5 Å². The van der Waals surface area contributed by atoms with Gasteiger partial charge >= 0.3 is 0 Å². The average molecular weight is 358 g/mol. The maximum Gasteiger partial charge on any atom is 0.237 e. The van der Waals surface area contributed by atoms with Gasteiger partial charge in [0.25, 0.3) is 0 Å². The van der Waals surface area contributed by atoms with Crippen molar-refractivity contribution in [2.45, 2.75) is 37.1 Å². The van der Waals surface area contributed by atoms with Crippen LogP contribution >= 0.6 is 35.0 Å². The number of rotatable bonds is 6. The third-order valence-electron chi connectivity index (χ3n) is 2.98. The SMILES string of the molecule is CCCCc1noc(CSc2nnc3c(Cl)cc(Cl)cn23)n1. The molecule has 0 saturated heterocycles.